The number of hydrogen-bond acceptors (Lipinski definition) is 4. The molecule has 0 aliphatic heterocycles. The fraction of sp³-hybridized carbons (Fsp3) is 0. The molecule has 0 atom stereocenters. The first kappa shape index (κ1) is 24.6. The molecule has 0 bridgehead atoms. The third kappa shape index (κ3) is 4.08. The number of rotatable bonds is 4. The van der Waals surface area contributed by atoms with Crippen LogP contribution in [0.2, 0.25) is 0 Å². The fourth-order valence-electron chi connectivity index (χ4n) is 6.26. The standard InChI is InChI=1S/C40H25N3O/c1-2-7-26(8-3-1)28-12-13-30-20-33(15-14-29(30)19-28)43(40-22-27-9-4-5-10-32(27)25-42-40)34-16-17-35-36-24-37-31(11-6-18-41-37)21-38(36)44-39(35)23-34/h1-25H. The van der Waals surface area contributed by atoms with Crippen LogP contribution < -0.4 is 4.90 Å². The zero-order valence-electron chi connectivity index (χ0n) is 23.7. The molecule has 3 heterocycles. The van der Waals surface area contributed by atoms with E-state index in [0.717, 1.165) is 66.2 Å². The number of aromatic nitrogens is 2. The Morgan fingerprint density at radius 2 is 1.18 bits per heavy atom. The summed E-state index contributed by atoms with van der Waals surface area (Å²) in [7, 11) is 0. The van der Waals surface area contributed by atoms with Crippen molar-refractivity contribution in [2.45, 2.75) is 0 Å². The van der Waals surface area contributed by atoms with Gasteiger partial charge in [0.1, 0.15) is 17.0 Å². The fourth-order valence-corrected chi connectivity index (χ4v) is 6.26. The highest BCUT2D eigenvalue weighted by Gasteiger charge is 2.18. The van der Waals surface area contributed by atoms with Crippen LogP contribution in [-0.2, 0) is 0 Å². The lowest BCUT2D eigenvalue weighted by atomic mass is 10.0. The highest BCUT2D eigenvalue weighted by molar-refractivity contribution is 6.10. The van der Waals surface area contributed by atoms with Gasteiger partial charge in [0.15, 0.2) is 0 Å². The smallest absolute Gasteiger partial charge is 0.138 e. The average molecular weight is 564 g/mol. The maximum atomic E-state index is 6.44. The molecule has 0 aliphatic carbocycles. The summed E-state index contributed by atoms with van der Waals surface area (Å²) >= 11 is 0. The van der Waals surface area contributed by atoms with Crippen LogP contribution in [0.25, 0.3) is 65.5 Å². The maximum Gasteiger partial charge on any atom is 0.138 e. The highest BCUT2D eigenvalue weighted by Crippen LogP contribution is 2.40. The second-order valence-corrected chi connectivity index (χ2v) is 11.2. The van der Waals surface area contributed by atoms with Crippen LogP contribution >= 0.6 is 0 Å². The number of nitrogens with zero attached hydrogens (tertiary/aromatic N) is 3. The Balaban J connectivity index is 1.22. The van der Waals surface area contributed by atoms with E-state index in [-0.39, 0.29) is 0 Å². The minimum Gasteiger partial charge on any atom is -0.456 e. The monoisotopic (exact) mass is 563 g/mol. The number of furan rings is 1. The Morgan fingerprint density at radius 1 is 0.455 bits per heavy atom. The van der Waals surface area contributed by atoms with E-state index in [2.05, 4.69) is 131 Å². The maximum absolute atomic E-state index is 6.44. The Kier molecular flexibility index (Phi) is 5.47. The summed E-state index contributed by atoms with van der Waals surface area (Å²) in [6.07, 6.45) is 3.78. The van der Waals surface area contributed by atoms with Crippen molar-refractivity contribution in [3.8, 4) is 11.1 Å². The van der Waals surface area contributed by atoms with Crippen LogP contribution in [0.3, 0.4) is 0 Å². The van der Waals surface area contributed by atoms with Crippen LogP contribution in [0.5, 0.6) is 0 Å². The largest absolute Gasteiger partial charge is 0.456 e. The van der Waals surface area contributed by atoms with Gasteiger partial charge in [-0.05, 0) is 81.9 Å². The van der Waals surface area contributed by atoms with Gasteiger partial charge in [-0.2, -0.15) is 0 Å². The van der Waals surface area contributed by atoms with E-state index < -0.39 is 0 Å². The molecule has 0 spiro atoms. The summed E-state index contributed by atoms with van der Waals surface area (Å²) < 4.78 is 6.44. The molecular weight excluding hydrogens is 538 g/mol. The summed E-state index contributed by atoms with van der Waals surface area (Å²) in [5.41, 5.74) is 7.06. The van der Waals surface area contributed by atoms with E-state index >= 15 is 0 Å². The third-order valence-corrected chi connectivity index (χ3v) is 8.47. The Labute approximate surface area is 253 Å². The lowest BCUT2D eigenvalue weighted by Crippen LogP contribution is -2.11. The number of pyridine rings is 2. The van der Waals surface area contributed by atoms with Crippen molar-refractivity contribution in [1.82, 2.24) is 9.97 Å². The van der Waals surface area contributed by atoms with E-state index in [1.54, 1.807) is 0 Å². The van der Waals surface area contributed by atoms with Gasteiger partial charge in [-0.15, -0.1) is 0 Å². The molecule has 44 heavy (non-hydrogen) atoms. The van der Waals surface area contributed by atoms with E-state index in [0.29, 0.717) is 0 Å². The van der Waals surface area contributed by atoms with E-state index in [1.807, 2.05) is 30.6 Å². The molecule has 0 unspecified atom stereocenters. The number of benzene rings is 6. The molecule has 0 aliphatic rings. The van der Waals surface area contributed by atoms with Gasteiger partial charge in [0.2, 0.25) is 0 Å². The molecule has 4 nitrogen and oxygen atoms in total. The molecule has 0 amide bonds. The van der Waals surface area contributed by atoms with E-state index in [9.17, 15) is 0 Å². The van der Waals surface area contributed by atoms with Crippen LogP contribution in [0.15, 0.2) is 156 Å². The van der Waals surface area contributed by atoms with E-state index in [4.69, 9.17) is 9.40 Å². The third-order valence-electron chi connectivity index (χ3n) is 8.47. The van der Waals surface area contributed by atoms with Gasteiger partial charge in [0.25, 0.3) is 0 Å². The molecule has 9 aromatic rings. The molecule has 0 radical (unpaired) electrons. The predicted octanol–water partition coefficient (Wildman–Crippen LogP) is 11.0. The van der Waals surface area contributed by atoms with Crippen molar-refractivity contribution in [3.05, 3.63) is 152 Å². The van der Waals surface area contributed by atoms with Crippen molar-refractivity contribution in [2.24, 2.45) is 0 Å². The van der Waals surface area contributed by atoms with Gasteiger partial charge < -0.3 is 4.42 Å². The number of anilines is 3. The van der Waals surface area contributed by atoms with E-state index in [1.165, 1.54) is 16.5 Å². The molecule has 6 aromatic carbocycles. The molecule has 0 saturated carbocycles. The summed E-state index contributed by atoms with van der Waals surface area (Å²) in [4.78, 5) is 11.7. The van der Waals surface area contributed by atoms with Crippen molar-refractivity contribution >= 4 is 71.6 Å². The Bertz CT molecular complexity index is 2520. The highest BCUT2D eigenvalue weighted by atomic mass is 16.3. The molecule has 206 valence electrons. The normalized spacial score (nSPS) is 11.6. The first-order chi connectivity index (χ1) is 21.8. The van der Waals surface area contributed by atoms with Gasteiger partial charge in [0, 0.05) is 45.7 Å². The quantitative estimate of drug-likeness (QED) is 0.214. The van der Waals surface area contributed by atoms with Crippen molar-refractivity contribution in [1.29, 1.82) is 0 Å². The lowest BCUT2D eigenvalue weighted by molar-refractivity contribution is 0.669. The van der Waals surface area contributed by atoms with Gasteiger partial charge in [-0.25, -0.2) is 4.98 Å². The van der Waals surface area contributed by atoms with Crippen LogP contribution in [0.1, 0.15) is 0 Å². The Hall–Kier alpha value is -6.00. The van der Waals surface area contributed by atoms with Crippen molar-refractivity contribution in [3.63, 3.8) is 0 Å². The summed E-state index contributed by atoms with van der Waals surface area (Å²) in [6, 6.07) is 48.9. The minimum atomic E-state index is 0.826. The second-order valence-electron chi connectivity index (χ2n) is 11.2. The van der Waals surface area contributed by atoms with Crippen LogP contribution in [0.4, 0.5) is 17.2 Å². The van der Waals surface area contributed by atoms with Gasteiger partial charge in [0.05, 0.1) is 11.2 Å². The molecule has 0 N–H and O–H groups in total. The number of fused-ring (bicyclic) bond motifs is 6. The SMILES string of the molecule is c1ccc(-c2ccc3cc(N(c4ccc5c(c4)oc4cc6cccnc6cc45)c4cc5ccccc5cn4)ccc3c2)cc1. The first-order valence-corrected chi connectivity index (χ1v) is 14.7. The van der Waals surface area contributed by atoms with Crippen molar-refractivity contribution in [2.75, 3.05) is 4.90 Å². The second kappa shape index (κ2) is 9.79. The molecule has 4 heteroatoms. The molecule has 0 saturated heterocycles. The Morgan fingerprint density at radius 3 is 2.11 bits per heavy atom. The zero-order valence-corrected chi connectivity index (χ0v) is 23.7. The minimum absolute atomic E-state index is 0.826. The molecule has 0 fully saturated rings. The summed E-state index contributed by atoms with van der Waals surface area (Å²) in [5, 5.41) is 7.79. The predicted molar refractivity (Wildman–Crippen MR) is 182 cm³/mol. The van der Waals surface area contributed by atoms with Gasteiger partial charge in [-0.3, -0.25) is 9.88 Å². The first-order valence-electron chi connectivity index (χ1n) is 14.7. The molecule has 3 aromatic heterocycles. The lowest BCUT2D eigenvalue weighted by Gasteiger charge is -2.25. The number of hydrogen-bond donors (Lipinski definition) is 0. The van der Waals surface area contributed by atoms with Gasteiger partial charge in [-0.1, -0.05) is 78.9 Å². The molecular formula is C40H25N3O. The van der Waals surface area contributed by atoms with Crippen molar-refractivity contribution < 1.29 is 4.42 Å². The van der Waals surface area contributed by atoms with Gasteiger partial charge >= 0.3 is 0 Å². The van der Waals surface area contributed by atoms with Crippen LogP contribution in [-0.4, -0.2) is 9.97 Å². The molecule has 9 rings (SSSR count). The summed E-state index contributed by atoms with van der Waals surface area (Å²) in [5.74, 6) is 0.842. The topological polar surface area (TPSA) is 42.2 Å². The van der Waals surface area contributed by atoms with Crippen LogP contribution in [0, 0.1) is 0 Å². The average Bonchev–Trinajstić information content (AvgIpc) is 3.44. The summed E-state index contributed by atoms with van der Waals surface area (Å²) in [6.45, 7) is 0. The zero-order chi connectivity index (χ0) is 29.0.